The average molecular weight is 267 g/mol. The maximum Gasteiger partial charge on any atom is 0.133 e. The zero-order chi connectivity index (χ0) is 14.3. The Morgan fingerprint density at radius 2 is 2.00 bits per heavy atom. The molecule has 0 bridgehead atoms. The molecule has 1 aromatic carbocycles. The van der Waals surface area contributed by atoms with Crippen molar-refractivity contribution in [3.8, 4) is 0 Å². The second kappa shape index (κ2) is 4.52. The van der Waals surface area contributed by atoms with Gasteiger partial charge in [-0.15, -0.1) is 0 Å². The average Bonchev–Trinajstić information content (AvgIpc) is 2.82. The summed E-state index contributed by atoms with van der Waals surface area (Å²) in [5.74, 6) is 0.868. The Hall–Kier alpha value is -2.56. The molecule has 2 N–H and O–H groups in total. The van der Waals surface area contributed by atoms with Gasteiger partial charge in [-0.3, -0.25) is 0 Å². The van der Waals surface area contributed by atoms with E-state index in [1.807, 2.05) is 48.9 Å². The van der Waals surface area contributed by atoms with Gasteiger partial charge in [0.15, 0.2) is 0 Å². The van der Waals surface area contributed by atoms with Crippen molar-refractivity contribution in [2.24, 2.45) is 7.05 Å². The second-order valence-electron chi connectivity index (χ2n) is 4.93. The number of aromatic nitrogens is 3. The van der Waals surface area contributed by atoms with Crippen LogP contribution in [0.2, 0.25) is 0 Å². The van der Waals surface area contributed by atoms with Gasteiger partial charge in [0.25, 0.3) is 0 Å². The summed E-state index contributed by atoms with van der Waals surface area (Å²) in [7, 11) is 3.98. The number of hydrogen-bond acceptors (Lipinski definition) is 4. The van der Waals surface area contributed by atoms with E-state index in [-0.39, 0.29) is 0 Å². The van der Waals surface area contributed by atoms with Gasteiger partial charge in [-0.25, -0.2) is 9.97 Å². The van der Waals surface area contributed by atoms with E-state index in [1.54, 1.807) is 0 Å². The number of benzene rings is 1. The predicted molar refractivity (Wildman–Crippen MR) is 82.2 cm³/mol. The van der Waals surface area contributed by atoms with Crippen LogP contribution in [0.1, 0.15) is 5.69 Å². The largest absolute Gasteiger partial charge is 0.397 e. The molecule has 0 saturated carbocycles. The van der Waals surface area contributed by atoms with E-state index in [4.69, 9.17) is 5.73 Å². The summed E-state index contributed by atoms with van der Waals surface area (Å²) in [6, 6.07) is 10.00. The normalized spacial score (nSPS) is 10.9. The zero-order valence-corrected chi connectivity index (χ0v) is 11.8. The molecular formula is C15H17N5. The molecule has 20 heavy (non-hydrogen) atoms. The van der Waals surface area contributed by atoms with Crippen molar-refractivity contribution in [2.45, 2.75) is 6.92 Å². The number of hydrogen-bond donors (Lipinski definition) is 1. The molecule has 0 amide bonds. The molecule has 3 rings (SSSR count). The summed E-state index contributed by atoms with van der Waals surface area (Å²) >= 11 is 0. The third-order valence-electron chi connectivity index (χ3n) is 3.55. The monoisotopic (exact) mass is 267 g/mol. The quantitative estimate of drug-likeness (QED) is 0.775. The molecule has 102 valence electrons. The Morgan fingerprint density at radius 1 is 1.20 bits per heavy atom. The molecule has 0 aliphatic carbocycles. The van der Waals surface area contributed by atoms with Crippen LogP contribution in [0.15, 0.2) is 36.7 Å². The highest BCUT2D eigenvalue weighted by atomic mass is 15.2. The van der Waals surface area contributed by atoms with Gasteiger partial charge in [-0.1, -0.05) is 0 Å². The van der Waals surface area contributed by atoms with E-state index >= 15 is 0 Å². The van der Waals surface area contributed by atoms with Crippen LogP contribution in [0.3, 0.4) is 0 Å². The van der Waals surface area contributed by atoms with Crippen LogP contribution in [-0.4, -0.2) is 21.6 Å². The molecule has 0 aliphatic heterocycles. The first kappa shape index (κ1) is 12.5. The Balaban J connectivity index is 2.02. The van der Waals surface area contributed by atoms with E-state index in [0.29, 0.717) is 5.69 Å². The minimum atomic E-state index is 0.710. The maximum absolute atomic E-state index is 5.81. The SMILES string of the molecule is Cc1nc(N(C)c2ccc3c(c2)ncn3C)ccc1N. The molecule has 5 heteroatoms. The summed E-state index contributed by atoms with van der Waals surface area (Å²) in [6.45, 7) is 1.91. The van der Waals surface area contributed by atoms with E-state index in [1.165, 1.54) is 0 Å². The first-order valence-corrected chi connectivity index (χ1v) is 6.44. The van der Waals surface area contributed by atoms with Gasteiger partial charge in [0, 0.05) is 19.8 Å². The highest BCUT2D eigenvalue weighted by Crippen LogP contribution is 2.26. The molecule has 3 aromatic rings. The summed E-state index contributed by atoms with van der Waals surface area (Å²) in [6.07, 6.45) is 1.82. The lowest BCUT2D eigenvalue weighted by atomic mass is 10.2. The number of aryl methyl sites for hydroxylation is 2. The standard InChI is InChI=1S/C15H17N5/c1-10-12(16)5-7-15(18-10)20(3)11-4-6-14-13(8-11)17-9-19(14)2/h4-9H,16H2,1-3H3. The lowest BCUT2D eigenvalue weighted by molar-refractivity contribution is 0.947. The molecule has 0 unspecified atom stereocenters. The molecular weight excluding hydrogens is 250 g/mol. The van der Waals surface area contributed by atoms with Crippen LogP contribution in [0.5, 0.6) is 0 Å². The van der Waals surface area contributed by atoms with Crippen molar-refractivity contribution in [1.82, 2.24) is 14.5 Å². The molecule has 0 fully saturated rings. The van der Waals surface area contributed by atoms with Gasteiger partial charge >= 0.3 is 0 Å². The van der Waals surface area contributed by atoms with Gasteiger partial charge in [-0.05, 0) is 37.3 Å². The Kier molecular flexibility index (Phi) is 2.82. The molecule has 0 spiro atoms. The van der Waals surface area contributed by atoms with Crippen LogP contribution >= 0.6 is 0 Å². The van der Waals surface area contributed by atoms with Crippen molar-refractivity contribution in [3.05, 3.63) is 42.4 Å². The molecule has 2 aromatic heterocycles. The molecule has 5 nitrogen and oxygen atoms in total. The Labute approximate surface area is 117 Å². The van der Waals surface area contributed by atoms with Gasteiger partial charge in [0.2, 0.25) is 0 Å². The lowest BCUT2D eigenvalue weighted by Gasteiger charge is -2.19. The Morgan fingerprint density at radius 3 is 2.75 bits per heavy atom. The summed E-state index contributed by atoms with van der Waals surface area (Å²) in [4.78, 5) is 10.9. The second-order valence-corrected chi connectivity index (χ2v) is 4.93. The minimum Gasteiger partial charge on any atom is -0.397 e. The van der Waals surface area contributed by atoms with E-state index in [0.717, 1.165) is 28.2 Å². The molecule has 0 saturated heterocycles. The van der Waals surface area contributed by atoms with Crippen LogP contribution < -0.4 is 10.6 Å². The van der Waals surface area contributed by atoms with E-state index < -0.39 is 0 Å². The highest BCUT2D eigenvalue weighted by molar-refractivity contribution is 5.81. The molecule has 0 radical (unpaired) electrons. The smallest absolute Gasteiger partial charge is 0.133 e. The summed E-state index contributed by atoms with van der Waals surface area (Å²) in [5, 5.41) is 0. The highest BCUT2D eigenvalue weighted by Gasteiger charge is 2.09. The van der Waals surface area contributed by atoms with Crippen LogP contribution in [0.25, 0.3) is 11.0 Å². The topological polar surface area (TPSA) is 60.0 Å². The van der Waals surface area contributed by atoms with Crippen molar-refractivity contribution in [3.63, 3.8) is 0 Å². The fourth-order valence-electron chi connectivity index (χ4n) is 2.21. The number of nitrogens with two attached hydrogens (primary N) is 1. The summed E-state index contributed by atoms with van der Waals surface area (Å²) < 4.78 is 2.00. The van der Waals surface area contributed by atoms with Crippen molar-refractivity contribution >= 4 is 28.2 Å². The minimum absolute atomic E-state index is 0.710. The number of nitrogens with zero attached hydrogens (tertiary/aromatic N) is 4. The van der Waals surface area contributed by atoms with Crippen molar-refractivity contribution in [1.29, 1.82) is 0 Å². The van der Waals surface area contributed by atoms with Crippen LogP contribution in [0.4, 0.5) is 17.2 Å². The van der Waals surface area contributed by atoms with Gasteiger partial charge in [0.1, 0.15) is 5.82 Å². The zero-order valence-electron chi connectivity index (χ0n) is 11.8. The third kappa shape index (κ3) is 1.97. The van der Waals surface area contributed by atoms with Crippen LogP contribution in [0, 0.1) is 6.92 Å². The van der Waals surface area contributed by atoms with Crippen LogP contribution in [-0.2, 0) is 7.05 Å². The number of fused-ring (bicyclic) bond motifs is 1. The van der Waals surface area contributed by atoms with Gasteiger partial charge in [0.05, 0.1) is 28.7 Å². The van der Waals surface area contributed by atoms with Gasteiger partial charge < -0.3 is 15.2 Å². The van der Waals surface area contributed by atoms with E-state index in [2.05, 4.69) is 28.2 Å². The number of anilines is 3. The Bertz CT molecular complexity index is 775. The number of nitrogen functional groups attached to an aromatic ring is 1. The summed E-state index contributed by atoms with van der Waals surface area (Å²) in [5.41, 5.74) is 10.5. The third-order valence-corrected chi connectivity index (χ3v) is 3.55. The van der Waals surface area contributed by atoms with Crippen molar-refractivity contribution < 1.29 is 0 Å². The molecule has 2 heterocycles. The lowest BCUT2D eigenvalue weighted by Crippen LogP contribution is -2.12. The fraction of sp³-hybridized carbons (Fsp3) is 0.200. The number of pyridine rings is 1. The molecule has 0 atom stereocenters. The number of rotatable bonds is 2. The van der Waals surface area contributed by atoms with E-state index in [9.17, 15) is 0 Å². The predicted octanol–water partition coefficient (Wildman–Crippen LogP) is 2.63. The maximum atomic E-state index is 5.81. The number of imidazole rings is 1. The first-order valence-electron chi connectivity index (χ1n) is 6.44. The molecule has 0 aliphatic rings. The van der Waals surface area contributed by atoms with Gasteiger partial charge in [-0.2, -0.15) is 0 Å². The van der Waals surface area contributed by atoms with Crippen molar-refractivity contribution in [2.75, 3.05) is 17.7 Å². The fourth-order valence-corrected chi connectivity index (χ4v) is 2.21. The first-order chi connectivity index (χ1) is 9.56.